The van der Waals surface area contributed by atoms with E-state index in [1.165, 1.54) is 51.6 Å². The van der Waals surface area contributed by atoms with Crippen molar-refractivity contribution in [2.24, 2.45) is 17.8 Å². The molecule has 0 aromatic carbocycles. The second kappa shape index (κ2) is 5.14. The summed E-state index contributed by atoms with van der Waals surface area (Å²) < 4.78 is 5.10. The maximum atomic E-state index is 5.10. The summed E-state index contributed by atoms with van der Waals surface area (Å²) >= 11 is 0. The topological polar surface area (TPSA) is 42.2 Å². The van der Waals surface area contributed by atoms with Gasteiger partial charge in [0.1, 0.15) is 0 Å². The van der Waals surface area contributed by atoms with Crippen LogP contribution in [0.1, 0.15) is 50.2 Å². The number of piperidine rings is 1. The summed E-state index contributed by atoms with van der Waals surface area (Å²) in [7, 11) is 0. The predicted molar refractivity (Wildman–Crippen MR) is 76.3 cm³/mol. The van der Waals surface area contributed by atoms with Crippen LogP contribution in [0.5, 0.6) is 0 Å². The van der Waals surface area contributed by atoms with E-state index in [0.717, 1.165) is 36.0 Å². The van der Waals surface area contributed by atoms with Crippen molar-refractivity contribution in [3.8, 4) is 0 Å². The number of likely N-dealkylation sites (tertiary alicyclic amines) is 1. The van der Waals surface area contributed by atoms with E-state index in [2.05, 4.69) is 15.0 Å². The highest BCUT2D eigenvalue weighted by molar-refractivity contribution is 4.97. The van der Waals surface area contributed by atoms with Gasteiger partial charge >= 0.3 is 0 Å². The van der Waals surface area contributed by atoms with Crippen LogP contribution >= 0.6 is 0 Å². The summed E-state index contributed by atoms with van der Waals surface area (Å²) in [6.45, 7) is 4.44. The SMILES string of the molecule is Cc1nc(C[C@H]2CCCN([C@@H]3C[C@H]4CC[C@H]3C4)C2)no1. The average molecular weight is 275 g/mol. The van der Waals surface area contributed by atoms with E-state index in [9.17, 15) is 0 Å². The molecular formula is C16H25N3O. The Morgan fingerprint density at radius 1 is 1.25 bits per heavy atom. The van der Waals surface area contributed by atoms with Crippen molar-refractivity contribution in [1.29, 1.82) is 0 Å². The Hall–Kier alpha value is -0.900. The summed E-state index contributed by atoms with van der Waals surface area (Å²) in [4.78, 5) is 7.17. The van der Waals surface area contributed by atoms with Crippen LogP contribution in [0.4, 0.5) is 0 Å². The Kier molecular flexibility index (Phi) is 3.29. The molecule has 1 aromatic heterocycles. The molecule has 4 heteroatoms. The standard InChI is InChI=1S/C16H25N3O/c1-11-17-16(18-20-11)9-13-3-2-6-19(10-13)15-8-12-4-5-14(15)7-12/h12-15H,2-10H2,1H3/t12-,13+,14-,15+/m0/s1. The van der Waals surface area contributed by atoms with E-state index < -0.39 is 0 Å². The van der Waals surface area contributed by atoms with Crippen LogP contribution in [0.3, 0.4) is 0 Å². The van der Waals surface area contributed by atoms with Gasteiger partial charge in [-0.25, -0.2) is 0 Å². The van der Waals surface area contributed by atoms with Crippen molar-refractivity contribution < 1.29 is 4.52 Å². The fraction of sp³-hybridized carbons (Fsp3) is 0.875. The van der Waals surface area contributed by atoms with Crippen molar-refractivity contribution in [3.63, 3.8) is 0 Å². The van der Waals surface area contributed by atoms with Gasteiger partial charge in [0.2, 0.25) is 5.89 Å². The van der Waals surface area contributed by atoms with Gasteiger partial charge in [0.25, 0.3) is 0 Å². The summed E-state index contributed by atoms with van der Waals surface area (Å²) in [5, 5.41) is 4.07. The van der Waals surface area contributed by atoms with Crippen LogP contribution in [0.2, 0.25) is 0 Å². The normalized spacial score (nSPS) is 37.6. The molecule has 3 fully saturated rings. The highest BCUT2D eigenvalue weighted by Crippen LogP contribution is 2.47. The molecule has 0 unspecified atom stereocenters. The zero-order chi connectivity index (χ0) is 13.5. The first kappa shape index (κ1) is 12.8. The number of fused-ring (bicyclic) bond motifs is 2. The maximum absolute atomic E-state index is 5.10. The minimum absolute atomic E-state index is 0.695. The lowest BCUT2D eigenvalue weighted by molar-refractivity contribution is 0.0878. The van der Waals surface area contributed by atoms with E-state index in [1.807, 2.05) is 6.92 Å². The molecular weight excluding hydrogens is 250 g/mol. The molecule has 2 saturated carbocycles. The molecule has 2 bridgehead atoms. The van der Waals surface area contributed by atoms with E-state index in [1.54, 1.807) is 0 Å². The number of hydrogen-bond acceptors (Lipinski definition) is 4. The Balaban J connectivity index is 1.38. The maximum Gasteiger partial charge on any atom is 0.223 e. The van der Waals surface area contributed by atoms with Gasteiger partial charge in [0.05, 0.1) is 0 Å². The molecule has 4 rings (SSSR count). The van der Waals surface area contributed by atoms with Gasteiger partial charge in [-0.2, -0.15) is 4.98 Å². The molecule has 2 heterocycles. The van der Waals surface area contributed by atoms with Crippen LogP contribution < -0.4 is 0 Å². The molecule has 3 aliphatic rings. The zero-order valence-corrected chi connectivity index (χ0v) is 12.4. The third-order valence-corrected chi connectivity index (χ3v) is 5.76. The second-order valence-electron chi connectivity index (χ2n) is 7.18. The van der Waals surface area contributed by atoms with Crippen LogP contribution in [-0.2, 0) is 6.42 Å². The fourth-order valence-corrected chi connectivity index (χ4v) is 4.91. The van der Waals surface area contributed by atoms with Crippen molar-refractivity contribution in [3.05, 3.63) is 11.7 Å². The Morgan fingerprint density at radius 3 is 2.90 bits per heavy atom. The van der Waals surface area contributed by atoms with Crippen LogP contribution in [0.25, 0.3) is 0 Å². The third-order valence-electron chi connectivity index (χ3n) is 5.76. The highest BCUT2D eigenvalue weighted by atomic mass is 16.5. The first-order valence-corrected chi connectivity index (χ1v) is 8.31. The van der Waals surface area contributed by atoms with E-state index in [-0.39, 0.29) is 0 Å². The molecule has 0 N–H and O–H groups in total. The molecule has 0 amide bonds. The largest absolute Gasteiger partial charge is 0.340 e. The lowest BCUT2D eigenvalue weighted by Crippen LogP contribution is -2.45. The summed E-state index contributed by atoms with van der Waals surface area (Å²) in [5.41, 5.74) is 0. The fourth-order valence-electron chi connectivity index (χ4n) is 4.91. The van der Waals surface area contributed by atoms with Crippen molar-refractivity contribution in [2.45, 2.75) is 57.9 Å². The molecule has 0 spiro atoms. The van der Waals surface area contributed by atoms with Gasteiger partial charge in [-0.15, -0.1) is 0 Å². The van der Waals surface area contributed by atoms with Crippen LogP contribution in [-0.4, -0.2) is 34.2 Å². The molecule has 4 atom stereocenters. The molecule has 1 saturated heterocycles. The lowest BCUT2D eigenvalue weighted by Gasteiger charge is -2.40. The predicted octanol–water partition coefficient (Wildman–Crippen LogP) is 2.82. The summed E-state index contributed by atoms with van der Waals surface area (Å²) in [5.74, 6) is 4.37. The smallest absolute Gasteiger partial charge is 0.223 e. The van der Waals surface area contributed by atoms with E-state index >= 15 is 0 Å². The van der Waals surface area contributed by atoms with Gasteiger partial charge in [-0.3, -0.25) is 4.90 Å². The molecule has 4 nitrogen and oxygen atoms in total. The van der Waals surface area contributed by atoms with Gasteiger partial charge in [-0.05, 0) is 56.4 Å². The minimum Gasteiger partial charge on any atom is -0.340 e. The Morgan fingerprint density at radius 2 is 2.20 bits per heavy atom. The van der Waals surface area contributed by atoms with Gasteiger partial charge < -0.3 is 4.52 Å². The minimum atomic E-state index is 0.695. The summed E-state index contributed by atoms with van der Waals surface area (Å²) in [6.07, 6.45) is 9.63. The number of hydrogen-bond donors (Lipinski definition) is 0. The number of aromatic nitrogens is 2. The highest BCUT2D eigenvalue weighted by Gasteiger charge is 2.43. The molecule has 110 valence electrons. The third kappa shape index (κ3) is 2.39. The Bertz CT molecular complexity index is 472. The molecule has 0 radical (unpaired) electrons. The lowest BCUT2D eigenvalue weighted by atomic mass is 9.88. The summed E-state index contributed by atoms with van der Waals surface area (Å²) in [6, 6.07) is 0.892. The molecule has 1 aromatic rings. The van der Waals surface area contributed by atoms with Crippen LogP contribution in [0.15, 0.2) is 4.52 Å². The van der Waals surface area contributed by atoms with Crippen molar-refractivity contribution in [1.82, 2.24) is 15.0 Å². The number of rotatable bonds is 3. The van der Waals surface area contributed by atoms with E-state index in [4.69, 9.17) is 4.52 Å². The first-order chi connectivity index (χ1) is 9.78. The van der Waals surface area contributed by atoms with Gasteiger partial charge in [-0.1, -0.05) is 11.6 Å². The zero-order valence-electron chi connectivity index (χ0n) is 12.4. The second-order valence-corrected chi connectivity index (χ2v) is 7.18. The number of nitrogens with zero attached hydrogens (tertiary/aromatic N) is 3. The average Bonchev–Trinajstić information content (AvgIpc) is 3.16. The number of aryl methyl sites for hydroxylation is 1. The van der Waals surface area contributed by atoms with Crippen molar-refractivity contribution in [2.75, 3.05) is 13.1 Å². The van der Waals surface area contributed by atoms with Gasteiger partial charge in [0, 0.05) is 25.9 Å². The molecule has 1 aliphatic heterocycles. The van der Waals surface area contributed by atoms with Gasteiger partial charge in [0.15, 0.2) is 5.82 Å². The van der Waals surface area contributed by atoms with E-state index in [0.29, 0.717) is 5.89 Å². The Labute approximate surface area is 120 Å². The first-order valence-electron chi connectivity index (χ1n) is 8.31. The monoisotopic (exact) mass is 275 g/mol. The molecule has 20 heavy (non-hydrogen) atoms. The quantitative estimate of drug-likeness (QED) is 0.850. The molecule has 2 aliphatic carbocycles. The van der Waals surface area contributed by atoms with Crippen LogP contribution in [0, 0.1) is 24.7 Å². The van der Waals surface area contributed by atoms with Crippen molar-refractivity contribution >= 4 is 0 Å².